The molecule has 0 radical (unpaired) electrons. The molecule has 1 unspecified atom stereocenters. The van der Waals surface area contributed by atoms with Crippen LogP contribution in [0, 0.1) is 13.8 Å². The largest absolute Gasteiger partial charge is 0.493 e. The first kappa shape index (κ1) is 21.3. The summed E-state index contributed by atoms with van der Waals surface area (Å²) in [5, 5.41) is 4.18. The third-order valence-electron chi connectivity index (χ3n) is 5.26. The van der Waals surface area contributed by atoms with E-state index in [2.05, 4.69) is 26.4 Å². The van der Waals surface area contributed by atoms with Crippen LogP contribution in [-0.2, 0) is 10.0 Å². The molecule has 3 rings (SSSR count). The lowest BCUT2D eigenvalue weighted by Gasteiger charge is -2.34. The van der Waals surface area contributed by atoms with Crippen LogP contribution in [0.15, 0.2) is 33.9 Å². The van der Waals surface area contributed by atoms with Gasteiger partial charge in [-0.05, 0) is 92.4 Å². The van der Waals surface area contributed by atoms with E-state index in [4.69, 9.17) is 4.74 Å². The van der Waals surface area contributed by atoms with Crippen molar-refractivity contribution in [3.63, 3.8) is 0 Å². The standard InChI is InChI=1S/C21H30N2O3S2/c1-4-26-21-16(2)12-19(13-17(21)3)28(24,25)22-14-20(18-8-11-27-15-18)23-9-6-5-7-10-23/h8,11-13,15,20,22H,4-7,9-10,14H2,1-3H3. The van der Waals surface area contributed by atoms with Crippen LogP contribution in [0.25, 0.3) is 0 Å². The zero-order chi connectivity index (χ0) is 20.1. The number of hydrogen-bond donors (Lipinski definition) is 1. The number of sulfonamides is 1. The summed E-state index contributed by atoms with van der Waals surface area (Å²) in [5.41, 5.74) is 2.87. The summed E-state index contributed by atoms with van der Waals surface area (Å²) in [7, 11) is -3.59. The Hall–Kier alpha value is -1.41. The molecule has 1 aliphatic rings. The molecule has 0 aliphatic carbocycles. The molecule has 2 heterocycles. The van der Waals surface area contributed by atoms with Crippen LogP contribution in [0.5, 0.6) is 5.75 Å². The normalized spacial score (nSPS) is 16.8. The second kappa shape index (κ2) is 9.39. The van der Waals surface area contributed by atoms with Crippen LogP contribution < -0.4 is 9.46 Å². The second-order valence-corrected chi connectivity index (χ2v) is 9.89. The number of ether oxygens (including phenoxy) is 1. The molecule has 1 aliphatic heterocycles. The van der Waals surface area contributed by atoms with Crippen LogP contribution in [0.1, 0.15) is 48.9 Å². The third kappa shape index (κ3) is 4.95. The molecule has 154 valence electrons. The minimum absolute atomic E-state index is 0.0752. The van der Waals surface area contributed by atoms with E-state index in [9.17, 15) is 8.42 Å². The second-order valence-electron chi connectivity index (χ2n) is 7.34. The maximum Gasteiger partial charge on any atom is 0.240 e. The number of thiophene rings is 1. The first-order valence-electron chi connectivity index (χ1n) is 9.92. The zero-order valence-electron chi connectivity index (χ0n) is 16.9. The van der Waals surface area contributed by atoms with Gasteiger partial charge in [0.1, 0.15) is 5.75 Å². The molecule has 5 nitrogen and oxygen atoms in total. The van der Waals surface area contributed by atoms with Gasteiger partial charge < -0.3 is 4.74 Å². The molecule has 0 saturated carbocycles. The smallest absolute Gasteiger partial charge is 0.240 e. The van der Waals surface area contributed by atoms with E-state index in [1.807, 2.05) is 20.8 Å². The summed E-state index contributed by atoms with van der Waals surface area (Å²) in [6.45, 7) is 8.68. The summed E-state index contributed by atoms with van der Waals surface area (Å²) in [5.74, 6) is 0.769. The van der Waals surface area contributed by atoms with Gasteiger partial charge in [-0.1, -0.05) is 6.42 Å². The van der Waals surface area contributed by atoms with Crippen LogP contribution >= 0.6 is 11.3 Å². The average Bonchev–Trinajstić information content (AvgIpc) is 3.20. The van der Waals surface area contributed by atoms with Crippen molar-refractivity contribution in [3.05, 3.63) is 45.6 Å². The molecule has 1 atom stereocenters. The topological polar surface area (TPSA) is 58.6 Å². The fourth-order valence-corrected chi connectivity index (χ4v) is 5.78. The molecule has 1 N–H and O–H groups in total. The number of nitrogens with one attached hydrogen (secondary N) is 1. The molecule has 1 saturated heterocycles. The molecule has 0 amide bonds. The first-order valence-corrected chi connectivity index (χ1v) is 12.3. The van der Waals surface area contributed by atoms with Crippen molar-refractivity contribution in [1.82, 2.24) is 9.62 Å². The predicted octanol–water partition coefficient (Wildman–Crippen LogP) is 4.27. The van der Waals surface area contributed by atoms with Crippen molar-refractivity contribution in [2.75, 3.05) is 26.2 Å². The maximum absolute atomic E-state index is 13.0. The Morgan fingerprint density at radius 3 is 2.43 bits per heavy atom. The minimum Gasteiger partial charge on any atom is -0.493 e. The monoisotopic (exact) mass is 422 g/mol. The van der Waals surface area contributed by atoms with Gasteiger partial charge in [-0.2, -0.15) is 11.3 Å². The molecule has 2 aromatic rings. The molecular formula is C21H30N2O3S2. The lowest BCUT2D eigenvalue weighted by Crippen LogP contribution is -2.40. The maximum atomic E-state index is 13.0. The van der Waals surface area contributed by atoms with Gasteiger partial charge >= 0.3 is 0 Å². The summed E-state index contributed by atoms with van der Waals surface area (Å²) >= 11 is 1.65. The van der Waals surface area contributed by atoms with Crippen molar-refractivity contribution in [3.8, 4) is 5.75 Å². The Morgan fingerprint density at radius 1 is 1.18 bits per heavy atom. The van der Waals surface area contributed by atoms with Gasteiger partial charge in [0.15, 0.2) is 0 Å². The van der Waals surface area contributed by atoms with Gasteiger partial charge in [-0.25, -0.2) is 13.1 Å². The lowest BCUT2D eigenvalue weighted by atomic mass is 10.0. The zero-order valence-corrected chi connectivity index (χ0v) is 18.5. The van der Waals surface area contributed by atoms with Crippen LogP contribution in [0.3, 0.4) is 0 Å². The predicted molar refractivity (Wildman–Crippen MR) is 115 cm³/mol. The fraction of sp³-hybridized carbons (Fsp3) is 0.524. The number of benzene rings is 1. The van der Waals surface area contributed by atoms with E-state index in [-0.39, 0.29) is 6.04 Å². The Balaban J connectivity index is 1.79. The van der Waals surface area contributed by atoms with Gasteiger partial charge in [0.05, 0.1) is 11.5 Å². The van der Waals surface area contributed by atoms with Gasteiger partial charge in [0.2, 0.25) is 10.0 Å². The van der Waals surface area contributed by atoms with E-state index < -0.39 is 10.0 Å². The van der Waals surface area contributed by atoms with Crippen molar-refractivity contribution in [2.45, 2.75) is 51.0 Å². The fourth-order valence-electron chi connectivity index (χ4n) is 3.86. The van der Waals surface area contributed by atoms with Crippen molar-refractivity contribution in [2.24, 2.45) is 0 Å². The molecule has 1 fully saturated rings. The number of hydrogen-bond acceptors (Lipinski definition) is 5. The average molecular weight is 423 g/mol. The van der Waals surface area contributed by atoms with Crippen LogP contribution in [-0.4, -0.2) is 39.6 Å². The highest BCUT2D eigenvalue weighted by molar-refractivity contribution is 7.89. The van der Waals surface area contributed by atoms with Crippen molar-refractivity contribution >= 4 is 21.4 Å². The molecule has 28 heavy (non-hydrogen) atoms. The van der Waals surface area contributed by atoms with E-state index in [1.54, 1.807) is 23.5 Å². The van der Waals surface area contributed by atoms with Crippen molar-refractivity contribution < 1.29 is 13.2 Å². The summed E-state index contributed by atoms with van der Waals surface area (Å²) < 4.78 is 34.5. The Morgan fingerprint density at radius 2 is 1.86 bits per heavy atom. The van der Waals surface area contributed by atoms with E-state index >= 15 is 0 Å². The van der Waals surface area contributed by atoms with E-state index in [0.29, 0.717) is 18.0 Å². The van der Waals surface area contributed by atoms with Crippen LogP contribution in [0.4, 0.5) is 0 Å². The SMILES string of the molecule is CCOc1c(C)cc(S(=O)(=O)NCC(c2ccsc2)N2CCCCC2)cc1C. The summed E-state index contributed by atoms with van der Waals surface area (Å²) in [4.78, 5) is 2.71. The van der Waals surface area contributed by atoms with E-state index in [1.165, 1.54) is 24.8 Å². The minimum atomic E-state index is -3.59. The lowest BCUT2D eigenvalue weighted by molar-refractivity contribution is 0.165. The van der Waals surface area contributed by atoms with Gasteiger partial charge in [-0.15, -0.1) is 0 Å². The van der Waals surface area contributed by atoms with Gasteiger partial charge in [0, 0.05) is 12.6 Å². The highest BCUT2D eigenvalue weighted by Gasteiger charge is 2.25. The number of aryl methyl sites for hydroxylation is 2. The Kier molecular flexibility index (Phi) is 7.15. The van der Waals surface area contributed by atoms with E-state index in [0.717, 1.165) is 30.0 Å². The molecule has 0 bridgehead atoms. The highest BCUT2D eigenvalue weighted by Crippen LogP contribution is 2.29. The quantitative estimate of drug-likeness (QED) is 0.690. The number of piperidine rings is 1. The molecule has 7 heteroatoms. The summed E-state index contributed by atoms with van der Waals surface area (Å²) in [6, 6.07) is 5.57. The van der Waals surface area contributed by atoms with Crippen molar-refractivity contribution in [1.29, 1.82) is 0 Å². The number of likely N-dealkylation sites (tertiary alicyclic amines) is 1. The summed E-state index contributed by atoms with van der Waals surface area (Å²) in [6.07, 6.45) is 3.60. The third-order valence-corrected chi connectivity index (χ3v) is 7.36. The molecule has 1 aromatic heterocycles. The Labute approximate surface area is 172 Å². The number of nitrogens with zero attached hydrogens (tertiary/aromatic N) is 1. The van der Waals surface area contributed by atoms with Gasteiger partial charge in [-0.3, -0.25) is 4.90 Å². The van der Waals surface area contributed by atoms with Crippen LogP contribution in [0.2, 0.25) is 0 Å². The molecular weight excluding hydrogens is 392 g/mol. The van der Waals surface area contributed by atoms with Gasteiger partial charge in [0.25, 0.3) is 0 Å². The Bertz CT molecular complexity index is 850. The first-order chi connectivity index (χ1) is 13.4. The highest BCUT2D eigenvalue weighted by atomic mass is 32.2. The molecule has 1 aromatic carbocycles. The molecule has 0 spiro atoms. The number of rotatable bonds is 8.